The Hall–Kier alpha value is -10.4. The van der Waals surface area contributed by atoms with Gasteiger partial charge >= 0.3 is 0 Å². The van der Waals surface area contributed by atoms with Gasteiger partial charge in [0.1, 0.15) is 0 Å². The molecular formula is C76H50N4. The van der Waals surface area contributed by atoms with Crippen LogP contribution in [-0.2, 0) is 0 Å². The topological polar surface area (TPSA) is 51.6 Å². The lowest BCUT2D eigenvalue weighted by Crippen LogP contribution is -2.27. The summed E-state index contributed by atoms with van der Waals surface area (Å²) in [7, 11) is 0. The zero-order valence-corrected chi connectivity index (χ0v) is 43.7. The number of hydrogen-bond acceptors (Lipinski definition) is 4. The van der Waals surface area contributed by atoms with E-state index in [0.717, 1.165) is 67.3 Å². The SMILES string of the molecule is c1ccc(-c2ccc(-c3cc(-c4cccc(-c5ccc6c(c5)C5c7ccccc7C6c6cc(-c7cccc(-c8cc(-c9ccc(-c%10ccccc%10)cc9)nc(-c9ccccc9)n8)c7)ccc65)c4)nc(-c4ccccc4)n3)cc2)cc1. The van der Waals surface area contributed by atoms with E-state index in [9.17, 15) is 0 Å². The Morgan fingerprint density at radius 1 is 0.163 bits per heavy atom. The van der Waals surface area contributed by atoms with Crippen LogP contribution in [0, 0.1) is 0 Å². The minimum absolute atomic E-state index is 0.105. The summed E-state index contributed by atoms with van der Waals surface area (Å²) >= 11 is 0. The average Bonchev–Trinajstić information content (AvgIpc) is 3.56. The van der Waals surface area contributed by atoms with Crippen LogP contribution in [0.5, 0.6) is 0 Å². The maximum Gasteiger partial charge on any atom is 0.160 e. The van der Waals surface area contributed by atoms with Gasteiger partial charge in [-0.25, -0.2) is 19.9 Å². The molecule has 2 heterocycles. The number of rotatable bonds is 10. The van der Waals surface area contributed by atoms with E-state index in [-0.39, 0.29) is 11.8 Å². The molecule has 374 valence electrons. The summed E-state index contributed by atoms with van der Waals surface area (Å²) in [5, 5.41) is 0. The maximum absolute atomic E-state index is 5.22. The van der Waals surface area contributed by atoms with Gasteiger partial charge < -0.3 is 0 Å². The molecule has 0 radical (unpaired) electrons. The molecule has 0 spiro atoms. The predicted octanol–water partition coefficient (Wildman–Crippen LogP) is 18.9. The zero-order chi connectivity index (χ0) is 52.9. The smallest absolute Gasteiger partial charge is 0.160 e. The van der Waals surface area contributed by atoms with Crippen molar-refractivity contribution in [3.63, 3.8) is 0 Å². The van der Waals surface area contributed by atoms with Crippen LogP contribution in [0.1, 0.15) is 45.2 Å². The van der Waals surface area contributed by atoms with Gasteiger partial charge in [-0.15, -0.1) is 0 Å². The van der Waals surface area contributed by atoms with Crippen molar-refractivity contribution < 1.29 is 0 Å². The third-order valence-corrected chi connectivity index (χ3v) is 16.1. The molecule has 2 aromatic heterocycles. The van der Waals surface area contributed by atoms with E-state index in [1.165, 1.54) is 66.8 Å². The van der Waals surface area contributed by atoms with Crippen molar-refractivity contribution >= 4 is 0 Å². The fourth-order valence-corrected chi connectivity index (χ4v) is 12.1. The molecule has 2 bridgehead atoms. The molecule has 0 saturated heterocycles. The number of nitrogens with zero attached hydrogens (tertiary/aromatic N) is 4. The van der Waals surface area contributed by atoms with Crippen molar-refractivity contribution in [1.29, 1.82) is 0 Å². The fraction of sp³-hybridized carbons (Fsp3) is 0.0263. The highest BCUT2D eigenvalue weighted by atomic mass is 14.9. The van der Waals surface area contributed by atoms with E-state index in [1.54, 1.807) is 0 Å². The molecule has 11 aromatic carbocycles. The van der Waals surface area contributed by atoms with Crippen molar-refractivity contribution in [3.8, 4) is 112 Å². The van der Waals surface area contributed by atoms with E-state index in [1.807, 2.05) is 36.4 Å². The first-order valence-electron chi connectivity index (χ1n) is 27.4. The van der Waals surface area contributed by atoms with Crippen LogP contribution >= 0.6 is 0 Å². The van der Waals surface area contributed by atoms with Gasteiger partial charge in [0.05, 0.1) is 22.8 Å². The molecule has 16 rings (SSSR count). The highest BCUT2D eigenvalue weighted by molar-refractivity contribution is 5.82. The predicted molar refractivity (Wildman–Crippen MR) is 327 cm³/mol. The molecule has 4 nitrogen and oxygen atoms in total. The minimum atomic E-state index is 0.105. The lowest BCUT2D eigenvalue weighted by Gasteiger charge is -2.42. The molecule has 0 saturated carbocycles. The Labute approximate surface area is 466 Å². The normalized spacial score (nSPS) is 13.8. The lowest BCUT2D eigenvalue weighted by molar-refractivity contribution is 0.755. The summed E-state index contributed by atoms with van der Waals surface area (Å²) in [4.78, 5) is 20.7. The molecule has 0 amide bonds. The molecule has 2 atom stereocenters. The Bertz CT molecular complexity index is 4150. The third kappa shape index (κ3) is 8.61. The largest absolute Gasteiger partial charge is 0.228 e. The monoisotopic (exact) mass is 1020 g/mol. The van der Waals surface area contributed by atoms with Gasteiger partial charge in [-0.3, -0.25) is 0 Å². The second-order valence-electron chi connectivity index (χ2n) is 20.9. The van der Waals surface area contributed by atoms with Gasteiger partial charge in [-0.05, 0) is 114 Å². The van der Waals surface area contributed by atoms with Crippen molar-refractivity contribution in [3.05, 3.63) is 325 Å². The first-order valence-corrected chi connectivity index (χ1v) is 27.4. The minimum Gasteiger partial charge on any atom is -0.228 e. The van der Waals surface area contributed by atoms with Gasteiger partial charge in [-0.2, -0.15) is 0 Å². The number of aromatic nitrogens is 4. The van der Waals surface area contributed by atoms with Crippen LogP contribution in [0.2, 0.25) is 0 Å². The Morgan fingerprint density at radius 3 is 0.812 bits per heavy atom. The molecule has 3 aliphatic carbocycles. The standard InChI is InChI=1S/C76H50N4/c1-5-17-49(18-6-1)51-31-35-53(36-32-51)69-47-71(79-75(77-69)55-21-9-3-10-22-55)61-27-15-25-57(43-61)59-39-41-65-67(45-59)73-63-29-13-14-30-64(63)74(65)68-46-60(40-42-66(68)73)58-26-16-28-62(44-58)72-48-70(78-76(80-72)56-23-11-4-12-24-56)54-37-33-52(34-38-54)50-19-7-2-8-20-50/h1-48,73-74H. The molecule has 0 fully saturated rings. The molecule has 3 aliphatic rings. The van der Waals surface area contributed by atoms with Gasteiger partial charge in [0, 0.05) is 45.2 Å². The summed E-state index contributed by atoms with van der Waals surface area (Å²) in [6.45, 7) is 0. The van der Waals surface area contributed by atoms with Crippen molar-refractivity contribution in [2.75, 3.05) is 0 Å². The lowest BCUT2D eigenvalue weighted by atomic mass is 9.60. The van der Waals surface area contributed by atoms with Gasteiger partial charge in [0.15, 0.2) is 11.6 Å². The van der Waals surface area contributed by atoms with Crippen molar-refractivity contribution in [1.82, 2.24) is 19.9 Å². The van der Waals surface area contributed by atoms with E-state index < -0.39 is 0 Å². The van der Waals surface area contributed by atoms with E-state index in [4.69, 9.17) is 19.9 Å². The van der Waals surface area contributed by atoms with Gasteiger partial charge in [0.25, 0.3) is 0 Å². The van der Waals surface area contributed by atoms with Crippen molar-refractivity contribution in [2.45, 2.75) is 11.8 Å². The average molecular weight is 1020 g/mol. The summed E-state index contributed by atoms with van der Waals surface area (Å²) in [5.74, 6) is 1.61. The molecular weight excluding hydrogens is 969 g/mol. The van der Waals surface area contributed by atoms with Crippen LogP contribution in [-0.4, -0.2) is 19.9 Å². The summed E-state index contributed by atoms with van der Waals surface area (Å²) < 4.78 is 0. The van der Waals surface area contributed by atoms with Crippen molar-refractivity contribution in [2.24, 2.45) is 0 Å². The quantitative estimate of drug-likeness (QED) is 0.137. The zero-order valence-electron chi connectivity index (χ0n) is 43.7. The van der Waals surface area contributed by atoms with Crippen LogP contribution in [0.25, 0.3) is 112 Å². The fourth-order valence-electron chi connectivity index (χ4n) is 12.1. The Balaban J connectivity index is 0.765. The van der Waals surface area contributed by atoms with Crippen LogP contribution in [0.4, 0.5) is 0 Å². The van der Waals surface area contributed by atoms with E-state index in [2.05, 4.69) is 255 Å². The van der Waals surface area contributed by atoms with E-state index >= 15 is 0 Å². The molecule has 4 heteroatoms. The first-order chi connectivity index (χ1) is 39.6. The molecule has 0 N–H and O–H groups in total. The summed E-state index contributed by atoms with van der Waals surface area (Å²) in [5.41, 5.74) is 27.3. The van der Waals surface area contributed by atoms with Crippen LogP contribution in [0.3, 0.4) is 0 Å². The second-order valence-corrected chi connectivity index (χ2v) is 20.9. The van der Waals surface area contributed by atoms with Gasteiger partial charge in [0.2, 0.25) is 0 Å². The number of hydrogen-bond donors (Lipinski definition) is 0. The van der Waals surface area contributed by atoms with Crippen LogP contribution < -0.4 is 0 Å². The highest BCUT2D eigenvalue weighted by Gasteiger charge is 2.41. The molecule has 13 aromatic rings. The van der Waals surface area contributed by atoms with Crippen LogP contribution in [0.15, 0.2) is 291 Å². The summed E-state index contributed by atoms with van der Waals surface area (Å²) in [6.07, 6.45) is 0. The van der Waals surface area contributed by atoms with Gasteiger partial charge in [-0.1, -0.05) is 255 Å². The van der Waals surface area contributed by atoms with E-state index in [0.29, 0.717) is 11.6 Å². The molecule has 80 heavy (non-hydrogen) atoms. The second kappa shape index (κ2) is 19.9. The molecule has 0 aliphatic heterocycles. The highest BCUT2D eigenvalue weighted by Crippen LogP contribution is 2.57. The maximum atomic E-state index is 5.22. The first kappa shape index (κ1) is 46.8. The summed E-state index contributed by atoms with van der Waals surface area (Å²) in [6, 6.07) is 104. The Kier molecular flexibility index (Phi) is 11.6. The molecule has 2 unspecified atom stereocenters. The Morgan fingerprint density at radius 2 is 0.425 bits per heavy atom. The number of benzene rings is 11. The third-order valence-electron chi connectivity index (χ3n) is 16.1.